The highest BCUT2D eigenvalue weighted by atomic mass is 19.1. The Morgan fingerprint density at radius 1 is 1.47 bits per heavy atom. The van der Waals surface area contributed by atoms with Crippen molar-refractivity contribution in [3.63, 3.8) is 0 Å². The zero-order chi connectivity index (χ0) is 10.7. The lowest BCUT2D eigenvalue weighted by Gasteiger charge is -2.15. The van der Waals surface area contributed by atoms with E-state index in [4.69, 9.17) is 4.74 Å². The minimum Gasteiger partial charge on any atom is -0.486 e. The number of ether oxygens (including phenoxy) is 1. The third-order valence-corrected chi connectivity index (χ3v) is 2.44. The summed E-state index contributed by atoms with van der Waals surface area (Å²) in [5.74, 6) is 0.0402. The molecule has 1 fully saturated rings. The molecule has 1 aromatic carbocycles. The second kappa shape index (κ2) is 4.62. The molecule has 2 nitrogen and oxygen atoms in total. The normalized spacial score (nSPS) is 17.5. The van der Waals surface area contributed by atoms with Crippen molar-refractivity contribution in [3.8, 4) is 5.75 Å². The average Bonchev–Trinajstić information content (AvgIpc) is 3.02. The van der Waals surface area contributed by atoms with E-state index in [0.29, 0.717) is 11.8 Å². The van der Waals surface area contributed by atoms with Crippen LogP contribution in [0.4, 0.5) is 4.39 Å². The molecule has 0 aromatic heterocycles. The summed E-state index contributed by atoms with van der Waals surface area (Å²) in [6, 6.07) is 7.17. The maximum Gasteiger partial charge on any atom is 0.165 e. The maximum atomic E-state index is 13.2. The molecule has 1 N–H and O–H groups in total. The van der Waals surface area contributed by atoms with Crippen molar-refractivity contribution in [1.29, 1.82) is 0 Å². The molecule has 0 amide bonds. The summed E-state index contributed by atoms with van der Waals surface area (Å²) >= 11 is 0. The molecule has 0 radical (unpaired) electrons. The number of benzene rings is 1. The molecule has 1 aromatic rings. The molecule has 82 valence electrons. The highest BCUT2D eigenvalue weighted by Crippen LogP contribution is 2.19. The zero-order valence-electron chi connectivity index (χ0n) is 8.87. The lowest BCUT2D eigenvalue weighted by molar-refractivity contribution is 0.207. The van der Waals surface area contributed by atoms with Crippen LogP contribution < -0.4 is 10.1 Å². The molecule has 3 heteroatoms. The smallest absolute Gasteiger partial charge is 0.165 e. The van der Waals surface area contributed by atoms with Gasteiger partial charge < -0.3 is 10.1 Å². The molecule has 0 aliphatic heterocycles. The van der Waals surface area contributed by atoms with Gasteiger partial charge in [0, 0.05) is 12.6 Å². The van der Waals surface area contributed by atoms with E-state index in [0.717, 1.165) is 6.54 Å². The number of nitrogens with one attached hydrogen (secondary N) is 1. The van der Waals surface area contributed by atoms with Crippen molar-refractivity contribution < 1.29 is 9.13 Å². The number of hydrogen-bond donors (Lipinski definition) is 1. The van der Waals surface area contributed by atoms with Crippen molar-refractivity contribution in [2.75, 3.05) is 6.54 Å². The van der Waals surface area contributed by atoms with Crippen molar-refractivity contribution in [1.82, 2.24) is 5.32 Å². The first-order valence-electron chi connectivity index (χ1n) is 5.40. The van der Waals surface area contributed by atoms with E-state index in [1.54, 1.807) is 18.2 Å². The molecule has 2 rings (SSSR count). The van der Waals surface area contributed by atoms with Gasteiger partial charge in [0.25, 0.3) is 0 Å². The molecule has 1 unspecified atom stereocenters. The van der Waals surface area contributed by atoms with E-state index in [1.165, 1.54) is 18.9 Å². The Labute approximate surface area is 89.4 Å². The summed E-state index contributed by atoms with van der Waals surface area (Å²) in [6.45, 7) is 2.72. The lowest BCUT2D eigenvalue weighted by atomic mass is 10.3. The summed E-state index contributed by atoms with van der Waals surface area (Å²) in [4.78, 5) is 0. The molecule has 1 aliphatic carbocycles. The van der Waals surface area contributed by atoms with Crippen LogP contribution in [0.3, 0.4) is 0 Å². The topological polar surface area (TPSA) is 21.3 Å². The summed E-state index contributed by atoms with van der Waals surface area (Å²) < 4.78 is 18.7. The van der Waals surface area contributed by atoms with E-state index in [1.807, 2.05) is 6.92 Å². The van der Waals surface area contributed by atoms with Crippen LogP contribution in [0.15, 0.2) is 24.3 Å². The third-order valence-electron chi connectivity index (χ3n) is 2.44. The quantitative estimate of drug-likeness (QED) is 0.803. The van der Waals surface area contributed by atoms with Gasteiger partial charge in [-0.15, -0.1) is 0 Å². The van der Waals surface area contributed by atoms with Crippen molar-refractivity contribution in [2.24, 2.45) is 0 Å². The summed E-state index contributed by atoms with van der Waals surface area (Å²) in [7, 11) is 0. The second-order valence-electron chi connectivity index (χ2n) is 4.04. The molecule has 1 aliphatic rings. The molecule has 0 bridgehead atoms. The van der Waals surface area contributed by atoms with Crippen molar-refractivity contribution >= 4 is 0 Å². The van der Waals surface area contributed by atoms with E-state index < -0.39 is 0 Å². The average molecular weight is 209 g/mol. The standard InChI is InChI=1S/C12H16FNO/c1-9(8-14-10-6-7-10)15-12-5-3-2-4-11(12)13/h2-5,9-10,14H,6-8H2,1H3. The van der Waals surface area contributed by atoms with Gasteiger partial charge >= 0.3 is 0 Å². The first-order chi connectivity index (χ1) is 7.25. The maximum absolute atomic E-state index is 13.2. The molecule has 0 spiro atoms. The Bertz CT molecular complexity index is 325. The molecule has 1 atom stereocenters. The number of rotatable bonds is 5. The van der Waals surface area contributed by atoms with E-state index in [-0.39, 0.29) is 11.9 Å². The molecular formula is C12H16FNO. The second-order valence-corrected chi connectivity index (χ2v) is 4.04. The first-order valence-corrected chi connectivity index (χ1v) is 5.40. The van der Waals surface area contributed by atoms with Gasteiger partial charge in [0.15, 0.2) is 11.6 Å². The van der Waals surface area contributed by atoms with Crippen LogP contribution >= 0.6 is 0 Å². The first kappa shape index (κ1) is 10.4. The monoisotopic (exact) mass is 209 g/mol. The fraction of sp³-hybridized carbons (Fsp3) is 0.500. The number of halogens is 1. The van der Waals surface area contributed by atoms with Crippen molar-refractivity contribution in [3.05, 3.63) is 30.1 Å². The minimum atomic E-state index is -0.296. The summed E-state index contributed by atoms with van der Waals surface area (Å²) in [6.07, 6.45) is 2.52. The fourth-order valence-corrected chi connectivity index (χ4v) is 1.42. The minimum absolute atomic E-state index is 0.00231. The van der Waals surface area contributed by atoms with Gasteiger partial charge in [-0.25, -0.2) is 4.39 Å². The van der Waals surface area contributed by atoms with Crippen LogP contribution in [0, 0.1) is 5.82 Å². The Kier molecular flexibility index (Phi) is 3.21. The molecule has 0 heterocycles. The van der Waals surface area contributed by atoms with Gasteiger partial charge in [0.1, 0.15) is 6.10 Å². The highest BCUT2D eigenvalue weighted by Gasteiger charge is 2.21. The van der Waals surface area contributed by atoms with Gasteiger partial charge in [0.05, 0.1) is 0 Å². The predicted octanol–water partition coefficient (Wildman–Crippen LogP) is 2.35. The molecular weight excluding hydrogens is 193 g/mol. The van der Waals surface area contributed by atoms with E-state index >= 15 is 0 Å². The van der Waals surface area contributed by atoms with Gasteiger partial charge in [-0.2, -0.15) is 0 Å². The van der Waals surface area contributed by atoms with Crippen LogP contribution in [0.2, 0.25) is 0 Å². The molecule has 1 saturated carbocycles. The Morgan fingerprint density at radius 2 is 2.20 bits per heavy atom. The van der Waals surface area contributed by atoms with E-state index in [2.05, 4.69) is 5.32 Å². The Hall–Kier alpha value is -1.09. The van der Waals surface area contributed by atoms with Gasteiger partial charge in [0.2, 0.25) is 0 Å². The highest BCUT2D eigenvalue weighted by molar-refractivity contribution is 5.23. The van der Waals surface area contributed by atoms with Crippen LogP contribution in [0.1, 0.15) is 19.8 Å². The number of hydrogen-bond acceptors (Lipinski definition) is 2. The zero-order valence-corrected chi connectivity index (χ0v) is 8.87. The Morgan fingerprint density at radius 3 is 2.87 bits per heavy atom. The van der Waals surface area contributed by atoms with E-state index in [9.17, 15) is 4.39 Å². The summed E-state index contributed by atoms with van der Waals surface area (Å²) in [5.41, 5.74) is 0. The number of para-hydroxylation sites is 1. The molecule has 0 saturated heterocycles. The van der Waals surface area contributed by atoms with Crippen LogP contribution in [-0.2, 0) is 0 Å². The SMILES string of the molecule is CC(CNC1CC1)Oc1ccccc1F. The fourth-order valence-electron chi connectivity index (χ4n) is 1.42. The van der Waals surface area contributed by atoms with Crippen LogP contribution in [0.25, 0.3) is 0 Å². The lowest BCUT2D eigenvalue weighted by Crippen LogP contribution is -2.30. The Balaban J connectivity index is 1.81. The van der Waals surface area contributed by atoms with Crippen LogP contribution in [0.5, 0.6) is 5.75 Å². The third kappa shape index (κ3) is 3.20. The summed E-state index contributed by atoms with van der Waals surface area (Å²) in [5, 5.41) is 3.35. The van der Waals surface area contributed by atoms with Gasteiger partial charge in [-0.3, -0.25) is 0 Å². The van der Waals surface area contributed by atoms with Gasteiger partial charge in [-0.1, -0.05) is 12.1 Å². The van der Waals surface area contributed by atoms with Crippen molar-refractivity contribution in [2.45, 2.75) is 31.9 Å². The molecule has 15 heavy (non-hydrogen) atoms. The van der Waals surface area contributed by atoms with Gasteiger partial charge in [-0.05, 0) is 31.9 Å². The van der Waals surface area contributed by atoms with Crippen LogP contribution in [-0.4, -0.2) is 18.7 Å². The largest absolute Gasteiger partial charge is 0.486 e. The predicted molar refractivity (Wildman–Crippen MR) is 57.5 cm³/mol.